The van der Waals surface area contributed by atoms with Crippen LogP contribution in [0.25, 0.3) is 0 Å². The molecule has 0 bridgehead atoms. The van der Waals surface area contributed by atoms with E-state index in [1.54, 1.807) is 0 Å². The first-order chi connectivity index (χ1) is 14.8. The number of guanidine groups is 1. The Morgan fingerprint density at radius 3 is 1.48 bits per heavy atom. The molecule has 0 aliphatic heterocycles. The van der Waals surface area contributed by atoms with Crippen LogP contribution in [0.15, 0.2) is 131 Å². The van der Waals surface area contributed by atoms with Crippen LogP contribution in [0.2, 0.25) is 0 Å². The standard InChI is InChI=1S/C26H22N4.ClH/c27-25(21-13-5-1-6-14-21)29-26(28-22-15-7-2-8-16-22)30(23-17-9-3-10-18-23)24-19-11-4-12-20-24;/h1-20H,(H2,27,28,29);1H. The second kappa shape index (κ2) is 10.8. The third kappa shape index (κ3) is 5.59. The third-order valence-corrected chi connectivity index (χ3v) is 4.50. The Labute approximate surface area is 188 Å². The largest absolute Gasteiger partial charge is 0.383 e. The van der Waals surface area contributed by atoms with Crippen molar-refractivity contribution < 1.29 is 0 Å². The van der Waals surface area contributed by atoms with E-state index >= 15 is 0 Å². The van der Waals surface area contributed by atoms with Crippen molar-refractivity contribution in [3.63, 3.8) is 0 Å². The number of hydrogen-bond donors (Lipinski definition) is 1. The van der Waals surface area contributed by atoms with Gasteiger partial charge in [0.15, 0.2) is 0 Å². The van der Waals surface area contributed by atoms with E-state index in [1.165, 1.54) is 0 Å². The molecule has 0 saturated carbocycles. The van der Waals surface area contributed by atoms with Gasteiger partial charge in [-0.2, -0.15) is 4.99 Å². The van der Waals surface area contributed by atoms with Gasteiger partial charge in [-0.1, -0.05) is 84.9 Å². The van der Waals surface area contributed by atoms with Gasteiger partial charge in [0.05, 0.1) is 5.69 Å². The zero-order valence-electron chi connectivity index (χ0n) is 16.9. The molecule has 0 heterocycles. The summed E-state index contributed by atoms with van der Waals surface area (Å²) in [5.41, 5.74) is 9.93. The van der Waals surface area contributed by atoms with Gasteiger partial charge in [-0.15, -0.1) is 12.4 Å². The Hall–Kier alpha value is -3.89. The Balaban J connectivity index is 0.00000272. The van der Waals surface area contributed by atoms with Crippen molar-refractivity contribution in [1.29, 1.82) is 0 Å². The summed E-state index contributed by atoms with van der Waals surface area (Å²) in [6.45, 7) is 0. The molecule has 31 heavy (non-hydrogen) atoms. The quantitative estimate of drug-likeness (QED) is 0.305. The van der Waals surface area contributed by atoms with Crippen LogP contribution in [-0.2, 0) is 0 Å². The van der Waals surface area contributed by atoms with E-state index in [0.717, 1.165) is 22.6 Å². The minimum absolute atomic E-state index is 0. The van der Waals surface area contributed by atoms with Gasteiger partial charge >= 0.3 is 0 Å². The number of amidine groups is 1. The van der Waals surface area contributed by atoms with Gasteiger partial charge in [-0.25, -0.2) is 4.99 Å². The van der Waals surface area contributed by atoms with Gasteiger partial charge in [0.1, 0.15) is 5.84 Å². The highest BCUT2D eigenvalue weighted by Crippen LogP contribution is 2.27. The van der Waals surface area contributed by atoms with E-state index in [9.17, 15) is 0 Å². The summed E-state index contributed by atoms with van der Waals surface area (Å²) in [5, 5.41) is 0. The predicted molar refractivity (Wildman–Crippen MR) is 133 cm³/mol. The van der Waals surface area contributed by atoms with Crippen LogP contribution in [0.1, 0.15) is 5.56 Å². The van der Waals surface area contributed by atoms with Crippen molar-refractivity contribution in [2.75, 3.05) is 4.90 Å². The Kier molecular flexibility index (Phi) is 7.57. The lowest BCUT2D eigenvalue weighted by atomic mass is 10.2. The van der Waals surface area contributed by atoms with Crippen LogP contribution in [0.5, 0.6) is 0 Å². The number of aliphatic imine (C=N–C) groups is 2. The van der Waals surface area contributed by atoms with E-state index in [4.69, 9.17) is 15.7 Å². The summed E-state index contributed by atoms with van der Waals surface area (Å²) >= 11 is 0. The highest BCUT2D eigenvalue weighted by Gasteiger charge is 2.17. The second-order valence-electron chi connectivity index (χ2n) is 6.62. The fourth-order valence-electron chi connectivity index (χ4n) is 3.06. The van der Waals surface area contributed by atoms with Crippen LogP contribution in [0.4, 0.5) is 17.1 Å². The van der Waals surface area contributed by atoms with Gasteiger partial charge in [-0.05, 0) is 36.4 Å². The summed E-state index contributed by atoms with van der Waals surface area (Å²) < 4.78 is 0. The molecule has 0 saturated heterocycles. The molecule has 0 spiro atoms. The van der Waals surface area contributed by atoms with Gasteiger partial charge in [-0.3, -0.25) is 4.90 Å². The van der Waals surface area contributed by atoms with Gasteiger partial charge in [0.2, 0.25) is 5.96 Å². The van der Waals surface area contributed by atoms with Crippen molar-refractivity contribution in [2.45, 2.75) is 0 Å². The zero-order valence-corrected chi connectivity index (χ0v) is 17.7. The smallest absolute Gasteiger partial charge is 0.237 e. The first-order valence-electron chi connectivity index (χ1n) is 9.75. The Morgan fingerprint density at radius 1 is 0.581 bits per heavy atom. The molecule has 0 aliphatic rings. The number of nitrogens with two attached hydrogens (primary N) is 1. The predicted octanol–water partition coefficient (Wildman–Crippen LogP) is 6.34. The Bertz CT molecular complexity index is 1090. The number of rotatable bonds is 4. The van der Waals surface area contributed by atoms with Crippen molar-refractivity contribution in [3.8, 4) is 0 Å². The molecule has 0 unspecified atom stereocenters. The molecule has 0 atom stereocenters. The molecule has 4 aromatic carbocycles. The summed E-state index contributed by atoms with van der Waals surface area (Å²) in [4.78, 5) is 11.6. The van der Waals surface area contributed by atoms with E-state index < -0.39 is 0 Å². The molecule has 2 N–H and O–H groups in total. The first kappa shape index (κ1) is 21.8. The summed E-state index contributed by atoms with van der Waals surface area (Å²) in [6.07, 6.45) is 0. The maximum absolute atomic E-state index is 6.39. The zero-order chi connectivity index (χ0) is 20.6. The minimum Gasteiger partial charge on any atom is -0.383 e. The summed E-state index contributed by atoms with van der Waals surface area (Å²) in [6, 6.07) is 39.6. The van der Waals surface area contributed by atoms with Crippen molar-refractivity contribution in [3.05, 3.63) is 127 Å². The molecule has 0 amide bonds. The number of para-hydroxylation sites is 3. The molecule has 0 fully saturated rings. The molecule has 0 radical (unpaired) electrons. The molecular weight excluding hydrogens is 404 g/mol. The first-order valence-corrected chi connectivity index (χ1v) is 9.75. The van der Waals surface area contributed by atoms with Crippen LogP contribution >= 0.6 is 12.4 Å². The molecule has 0 aromatic heterocycles. The van der Waals surface area contributed by atoms with Crippen LogP contribution in [0, 0.1) is 0 Å². The van der Waals surface area contributed by atoms with Crippen LogP contribution in [-0.4, -0.2) is 11.8 Å². The lowest BCUT2D eigenvalue weighted by Gasteiger charge is -2.24. The number of benzene rings is 4. The fraction of sp³-hybridized carbons (Fsp3) is 0. The van der Waals surface area contributed by atoms with Gasteiger partial charge in [0, 0.05) is 16.9 Å². The van der Waals surface area contributed by atoms with E-state index in [0.29, 0.717) is 11.8 Å². The average molecular weight is 427 g/mol. The van der Waals surface area contributed by atoms with Crippen molar-refractivity contribution >= 4 is 41.3 Å². The molecule has 5 heteroatoms. The van der Waals surface area contributed by atoms with Gasteiger partial charge < -0.3 is 5.73 Å². The van der Waals surface area contributed by atoms with Gasteiger partial charge in [0.25, 0.3) is 0 Å². The fourth-order valence-corrected chi connectivity index (χ4v) is 3.06. The maximum Gasteiger partial charge on any atom is 0.237 e. The maximum atomic E-state index is 6.39. The molecular formula is C26H23ClN4. The number of anilines is 2. The normalized spacial score (nSPS) is 11.5. The average Bonchev–Trinajstić information content (AvgIpc) is 2.82. The van der Waals surface area contributed by atoms with E-state index in [2.05, 4.69) is 0 Å². The monoisotopic (exact) mass is 426 g/mol. The van der Waals surface area contributed by atoms with Crippen LogP contribution in [0.3, 0.4) is 0 Å². The molecule has 4 aromatic rings. The summed E-state index contributed by atoms with van der Waals surface area (Å²) in [7, 11) is 0. The van der Waals surface area contributed by atoms with E-state index in [-0.39, 0.29) is 12.4 Å². The second-order valence-corrected chi connectivity index (χ2v) is 6.62. The third-order valence-electron chi connectivity index (χ3n) is 4.50. The molecule has 0 aliphatic carbocycles. The van der Waals surface area contributed by atoms with E-state index in [1.807, 2.05) is 126 Å². The molecule has 154 valence electrons. The number of hydrogen-bond acceptors (Lipinski definition) is 1. The number of nitrogens with zero attached hydrogens (tertiary/aromatic N) is 3. The lowest BCUT2D eigenvalue weighted by Crippen LogP contribution is -2.27. The minimum atomic E-state index is 0. The van der Waals surface area contributed by atoms with Crippen molar-refractivity contribution in [2.24, 2.45) is 15.7 Å². The van der Waals surface area contributed by atoms with Crippen molar-refractivity contribution in [1.82, 2.24) is 0 Å². The SMILES string of the molecule is Cl.NC(=NC(=Nc1ccccc1)N(c1ccccc1)c1ccccc1)c1ccccc1. The van der Waals surface area contributed by atoms with Crippen LogP contribution < -0.4 is 10.6 Å². The lowest BCUT2D eigenvalue weighted by molar-refractivity contribution is 1.27. The molecule has 4 nitrogen and oxygen atoms in total. The molecule has 4 rings (SSSR count). The summed E-state index contributed by atoms with van der Waals surface area (Å²) in [5.74, 6) is 0.891. The number of halogens is 1. The Morgan fingerprint density at radius 2 is 1.00 bits per heavy atom. The highest BCUT2D eigenvalue weighted by molar-refractivity contribution is 6.12. The highest BCUT2D eigenvalue weighted by atomic mass is 35.5. The topological polar surface area (TPSA) is 54.0 Å².